The molecule has 0 bridgehead atoms. The van der Waals surface area contributed by atoms with Gasteiger partial charge in [-0.1, -0.05) is 67.9 Å². The van der Waals surface area contributed by atoms with Crippen molar-refractivity contribution in [2.24, 2.45) is 0 Å². The van der Waals surface area contributed by atoms with E-state index in [0.717, 1.165) is 39.1 Å². The van der Waals surface area contributed by atoms with Crippen molar-refractivity contribution in [1.29, 1.82) is 0 Å². The van der Waals surface area contributed by atoms with E-state index in [0.29, 0.717) is 6.61 Å². The minimum atomic E-state index is -0.912. The molecule has 1 aliphatic heterocycles. The Morgan fingerprint density at radius 1 is 1.00 bits per heavy atom. The molecular formula is C24H32N2O3. The van der Waals surface area contributed by atoms with E-state index in [9.17, 15) is 4.79 Å². The zero-order chi connectivity index (χ0) is 20.5. The molecule has 1 atom stereocenters. The van der Waals surface area contributed by atoms with Crippen LogP contribution in [0, 0.1) is 0 Å². The Hall–Kier alpha value is -2.21. The number of aryl methyl sites for hydroxylation is 1. The van der Waals surface area contributed by atoms with Gasteiger partial charge in [0.2, 0.25) is 0 Å². The Balaban J connectivity index is 1.64. The molecule has 0 radical (unpaired) electrons. The summed E-state index contributed by atoms with van der Waals surface area (Å²) in [7, 11) is 0. The first-order valence-electron chi connectivity index (χ1n) is 10.6. The predicted molar refractivity (Wildman–Crippen MR) is 115 cm³/mol. The third-order valence-electron chi connectivity index (χ3n) is 5.50. The van der Waals surface area contributed by atoms with E-state index in [2.05, 4.69) is 71.3 Å². The van der Waals surface area contributed by atoms with Crippen LogP contribution in [0.15, 0.2) is 54.6 Å². The standard InChI is InChI=1S/C24H32N2O3/c1-2-6-20-9-11-22(12-10-20)24(21-7-4-3-5-8-21)26-15-13-25(14-16-26)17-18-29-19-23(27)28/h3-5,7-12,24H,2,6,13-19H2,1H3,(H,27,28)/t24-/m1/s1. The first-order chi connectivity index (χ1) is 14.2. The molecule has 2 aromatic rings. The lowest BCUT2D eigenvalue weighted by molar-refractivity contribution is -0.142. The summed E-state index contributed by atoms with van der Waals surface area (Å²) < 4.78 is 5.19. The lowest BCUT2D eigenvalue weighted by Gasteiger charge is -2.39. The van der Waals surface area contributed by atoms with Crippen LogP contribution in [-0.2, 0) is 16.0 Å². The first kappa shape index (κ1) is 21.5. The van der Waals surface area contributed by atoms with Crippen molar-refractivity contribution in [2.75, 3.05) is 45.9 Å². The number of carboxylic acids is 1. The number of carboxylic acid groups (broad SMARTS) is 1. The Kier molecular flexibility index (Phi) is 8.23. The molecule has 2 aromatic carbocycles. The molecule has 29 heavy (non-hydrogen) atoms. The van der Waals surface area contributed by atoms with Crippen LogP contribution < -0.4 is 0 Å². The highest BCUT2D eigenvalue weighted by atomic mass is 16.5. The molecule has 0 spiro atoms. The number of benzene rings is 2. The van der Waals surface area contributed by atoms with E-state index >= 15 is 0 Å². The van der Waals surface area contributed by atoms with Gasteiger partial charge < -0.3 is 9.84 Å². The van der Waals surface area contributed by atoms with Gasteiger partial charge in [-0.25, -0.2) is 4.79 Å². The van der Waals surface area contributed by atoms with E-state index in [1.165, 1.54) is 23.1 Å². The summed E-state index contributed by atoms with van der Waals surface area (Å²) in [4.78, 5) is 15.5. The molecule has 3 rings (SSSR count). The topological polar surface area (TPSA) is 53.0 Å². The van der Waals surface area contributed by atoms with Crippen molar-refractivity contribution in [1.82, 2.24) is 9.80 Å². The van der Waals surface area contributed by atoms with Gasteiger partial charge in [-0.2, -0.15) is 0 Å². The monoisotopic (exact) mass is 396 g/mol. The summed E-state index contributed by atoms with van der Waals surface area (Å²) in [6.45, 7) is 7.14. The summed E-state index contributed by atoms with van der Waals surface area (Å²) >= 11 is 0. The zero-order valence-electron chi connectivity index (χ0n) is 17.3. The second kappa shape index (κ2) is 11.1. The van der Waals surface area contributed by atoms with Gasteiger partial charge in [0, 0.05) is 32.7 Å². The molecule has 1 N–H and O–H groups in total. The van der Waals surface area contributed by atoms with Crippen molar-refractivity contribution < 1.29 is 14.6 Å². The maximum absolute atomic E-state index is 10.5. The van der Waals surface area contributed by atoms with Gasteiger partial charge in [0.25, 0.3) is 0 Å². The molecular weight excluding hydrogens is 364 g/mol. The normalized spacial score (nSPS) is 16.6. The number of aliphatic carboxylic acids is 1. The van der Waals surface area contributed by atoms with Crippen LogP contribution >= 0.6 is 0 Å². The fraction of sp³-hybridized carbons (Fsp3) is 0.458. The second-order valence-corrected chi connectivity index (χ2v) is 7.63. The van der Waals surface area contributed by atoms with Crippen molar-refractivity contribution in [3.8, 4) is 0 Å². The summed E-state index contributed by atoms with van der Waals surface area (Å²) in [5.74, 6) is -0.912. The second-order valence-electron chi connectivity index (χ2n) is 7.63. The molecule has 0 unspecified atom stereocenters. The van der Waals surface area contributed by atoms with E-state index in [4.69, 9.17) is 9.84 Å². The molecule has 1 fully saturated rings. The number of piperazine rings is 1. The highest BCUT2D eigenvalue weighted by Crippen LogP contribution is 2.30. The molecule has 1 heterocycles. The maximum Gasteiger partial charge on any atom is 0.329 e. The molecule has 5 heteroatoms. The SMILES string of the molecule is CCCc1ccc([C@@H](c2ccccc2)N2CCN(CCOCC(=O)O)CC2)cc1. The van der Waals surface area contributed by atoms with Crippen LogP contribution in [0.2, 0.25) is 0 Å². The summed E-state index contributed by atoms with van der Waals surface area (Å²) in [5, 5.41) is 8.66. The van der Waals surface area contributed by atoms with E-state index in [1.54, 1.807) is 0 Å². The number of hydrogen-bond acceptors (Lipinski definition) is 4. The highest BCUT2D eigenvalue weighted by Gasteiger charge is 2.26. The predicted octanol–water partition coefficient (Wildman–Crippen LogP) is 3.45. The van der Waals surface area contributed by atoms with E-state index in [1.807, 2.05) is 0 Å². The lowest BCUT2D eigenvalue weighted by Crippen LogP contribution is -2.48. The van der Waals surface area contributed by atoms with Crippen molar-refractivity contribution in [3.63, 3.8) is 0 Å². The van der Waals surface area contributed by atoms with E-state index in [-0.39, 0.29) is 12.6 Å². The Morgan fingerprint density at radius 2 is 1.66 bits per heavy atom. The summed E-state index contributed by atoms with van der Waals surface area (Å²) in [6, 6.07) is 20.1. The minimum absolute atomic E-state index is 0.218. The summed E-state index contributed by atoms with van der Waals surface area (Å²) in [5.41, 5.74) is 4.07. The Bertz CT molecular complexity index is 740. The Morgan fingerprint density at radius 3 is 2.28 bits per heavy atom. The van der Waals surface area contributed by atoms with Gasteiger partial charge >= 0.3 is 5.97 Å². The third-order valence-corrected chi connectivity index (χ3v) is 5.50. The molecule has 0 aliphatic carbocycles. The number of ether oxygens (including phenoxy) is 1. The third kappa shape index (κ3) is 6.39. The molecule has 156 valence electrons. The van der Waals surface area contributed by atoms with Crippen LogP contribution in [0.4, 0.5) is 0 Å². The number of nitrogens with zero attached hydrogens (tertiary/aromatic N) is 2. The lowest BCUT2D eigenvalue weighted by atomic mass is 9.95. The fourth-order valence-corrected chi connectivity index (χ4v) is 4.00. The van der Waals surface area contributed by atoms with Crippen molar-refractivity contribution in [2.45, 2.75) is 25.8 Å². The number of rotatable bonds is 10. The number of hydrogen-bond donors (Lipinski definition) is 1. The van der Waals surface area contributed by atoms with Gasteiger partial charge in [0.05, 0.1) is 12.6 Å². The molecule has 1 saturated heterocycles. The first-order valence-corrected chi connectivity index (χ1v) is 10.6. The van der Waals surface area contributed by atoms with Gasteiger partial charge in [-0.15, -0.1) is 0 Å². The number of carbonyl (C=O) groups is 1. The largest absolute Gasteiger partial charge is 0.480 e. The van der Waals surface area contributed by atoms with Gasteiger partial charge in [-0.05, 0) is 23.1 Å². The van der Waals surface area contributed by atoms with Gasteiger partial charge in [0.15, 0.2) is 0 Å². The molecule has 5 nitrogen and oxygen atoms in total. The quantitative estimate of drug-likeness (QED) is 0.624. The molecule has 0 saturated carbocycles. The van der Waals surface area contributed by atoms with Crippen molar-refractivity contribution in [3.05, 3.63) is 71.3 Å². The average Bonchev–Trinajstić information content (AvgIpc) is 2.74. The average molecular weight is 397 g/mol. The highest BCUT2D eigenvalue weighted by molar-refractivity contribution is 5.67. The smallest absolute Gasteiger partial charge is 0.329 e. The van der Waals surface area contributed by atoms with Crippen LogP contribution in [0.25, 0.3) is 0 Å². The van der Waals surface area contributed by atoms with Gasteiger partial charge in [0.1, 0.15) is 6.61 Å². The van der Waals surface area contributed by atoms with Gasteiger partial charge in [-0.3, -0.25) is 9.80 Å². The molecule has 1 aliphatic rings. The maximum atomic E-state index is 10.5. The fourth-order valence-electron chi connectivity index (χ4n) is 4.00. The van der Waals surface area contributed by atoms with Crippen LogP contribution in [0.3, 0.4) is 0 Å². The molecule has 0 aromatic heterocycles. The van der Waals surface area contributed by atoms with Crippen molar-refractivity contribution >= 4 is 5.97 Å². The summed E-state index contributed by atoms with van der Waals surface area (Å²) in [6.07, 6.45) is 2.29. The zero-order valence-corrected chi connectivity index (χ0v) is 17.3. The van der Waals surface area contributed by atoms with Crippen LogP contribution in [-0.4, -0.2) is 66.8 Å². The van der Waals surface area contributed by atoms with E-state index < -0.39 is 5.97 Å². The Labute approximate surface area is 173 Å². The van der Waals surface area contributed by atoms with Crippen LogP contribution in [0.1, 0.15) is 36.1 Å². The molecule has 0 amide bonds. The minimum Gasteiger partial charge on any atom is -0.480 e. The van der Waals surface area contributed by atoms with Crippen LogP contribution in [0.5, 0.6) is 0 Å².